The minimum absolute atomic E-state index is 0.0930. The Morgan fingerprint density at radius 2 is 1.20 bits per heavy atom. The normalized spacial score (nSPS) is 13.7. The summed E-state index contributed by atoms with van der Waals surface area (Å²) in [6, 6.07) is 54.5. The number of benzene rings is 7. The van der Waals surface area contributed by atoms with Crippen LogP contribution in [0, 0.1) is 0 Å². The van der Waals surface area contributed by atoms with Crippen molar-refractivity contribution in [2.24, 2.45) is 0 Å². The van der Waals surface area contributed by atoms with Crippen molar-refractivity contribution in [1.82, 2.24) is 0 Å². The van der Waals surface area contributed by atoms with Crippen molar-refractivity contribution < 1.29 is 4.74 Å². The van der Waals surface area contributed by atoms with Crippen molar-refractivity contribution in [3.63, 3.8) is 0 Å². The van der Waals surface area contributed by atoms with E-state index < -0.39 is 0 Å². The van der Waals surface area contributed by atoms with E-state index in [0.29, 0.717) is 0 Å². The third-order valence-electron chi connectivity index (χ3n) is 9.53. The number of fused-ring (bicyclic) bond motifs is 7. The van der Waals surface area contributed by atoms with Gasteiger partial charge in [0.25, 0.3) is 0 Å². The molecular weight excluding hydrogens is 579 g/mol. The van der Waals surface area contributed by atoms with E-state index in [1.807, 2.05) is 0 Å². The van der Waals surface area contributed by atoms with Gasteiger partial charge >= 0.3 is 0 Å². The molecule has 1 aliphatic heterocycles. The zero-order valence-electron chi connectivity index (χ0n) is 25.7. The highest BCUT2D eigenvalue weighted by atomic mass is 32.2. The Morgan fingerprint density at radius 1 is 0.522 bits per heavy atom. The quantitative estimate of drug-likeness (QED) is 0.197. The van der Waals surface area contributed by atoms with Gasteiger partial charge in [-0.05, 0) is 69.6 Å². The predicted octanol–water partition coefficient (Wildman–Crippen LogP) is 12.5. The van der Waals surface area contributed by atoms with E-state index in [0.717, 1.165) is 38.4 Å². The maximum Gasteiger partial charge on any atom is 0.165 e. The minimum atomic E-state index is -0.0930. The van der Waals surface area contributed by atoms with Crippen LogP contribution < -0.4 is 9.64 Å². The molecule has 2 aliphatic rings. The molecule has 0 spiro atoms. The van der Waals surface area contributed by atoms with Gasteiger partial charge in [0.2, 0.25) is 0 Å². The summed E-state index contributed by atoms with van der Waals surface area (Å²) in [6.45, 7) is 4.64. The molecule has 0 aromatic heterocycles. The van der Waals surface area contributed by atoms with Gasteiger partial charge in [-0.1, -0.05) is 141 Å². The van der Waals surface area contributed by atoms with Crippen molar-refractivity contribution in [3.8, 4) is 33.8 Å². The van der Waals surface area contributed by atoms with Crippen LogP contribution in [0.5, 0.6) is 11.5 Å². The van der Waals surface area contributed by atoms with Gasteiger partial charge in [-0.2, -0.15) is 0 Å². The van der Waals surface area contributed by atoms with Crippen molar-refractivity contribution in [3.05, 3.63) is 163 Å². The lowest BCUT2D eigenvalue weighted by atomic mass is 9.82. The maximum atomic E-state index is 7.17. The summed E-state index contributed by atoms with van der Waals surface area (Å²) in [5, 5.41) is 2.39. The Bertz CT molecular complexity index is 2280. The molecule has 0 amide bonds. The number of rotatable bonds is 4. The van der Waals surface area contributed by atoms with Gasteiger partial charge in [-0.15, -0.1) is 0 Å². The highest BCUT2D eigenvalue weighted by Gasteiger charge is 2.39. The Balaban J connectivity index is 1.24. The number of hydrogen-bond acceptors (Lipinski definition) is 3. The summed E-state index contributed by atoms with van der Waals surface area (Å²) < 4.78 is 7.17. The van der Waals surface area contributed by atoms with Gasteiger partial charge in [0.1, 0.15) is 5.75 Å². The van der Waals surface area contributed by atoms with Gasteiger partial charge in [-0.3, -0.25) is 0 Å². The molecule has 7 aromatic carbocycles. The summed E-state index contributed by atoms with van der Waals surface area (Å²) in [5.74, 6) is 1.84. The molecule has 0 N–H and O–H groups in total. The van der Waals surface area contributed by atoms with Crippen LogP contribution in [0.25, 0.3) is 33.0 Å². The Kier molecular flexibility index (Phi) is 6.13. The average Bonchev–Trinajstić information content (AvgIpc) is 3.35. The molecule has 1 aliphatic carbocycles. The van der Waals surface area contributed by atoms with Crippen LogP contribution in [0.4, 0.5) is 17.1 Å². The van der Waals surface area contributed by atoms with Gasteiger partial charge in [0, 0.05) is 22.1 Å². The van der Waals surface area contributed by atoms with Gasteiger partial charge in [0.15, 0.2) is 5.75 Å². The molecule has 220 valence electrons. The molecule has 0 unspecified atom stereocenters. The van der Waals surface area contributed by atoms with Crippen LogP contribution in [0.2, 0.25) is 0 Å². The third-order valence-corrected chi connectivity index (χ3v) is 10.6. The Hall–Kier alpha value is -5.25. The van der Waals surface area contributed by atoms with E-state index in [1.54, 1.807) is 11.8 Å². The van der Waals surface area contributed by atoms with E-state index in [-0.39, 0.29) is 5.41 Å². The summed E-state index contributed by atoms with van der Waals surface area (Å²) in [5.41, 5.74) is 10.7. The third kappa shape index (κ3) is 4.12. The lowest BCUT2D eigenvalue weighted by molar-refractivity contribution is 0.456. The molecule has 7 aromatic rings. The second-order valence-corrected chi connectivity index (χ2v) is 13.6. The number of ether oxygens (including phenoxy) is 1. The molecule has 0 saturated heterocycles. The van der Waals surface area contributed by atoms with Crippen molar-refractivity contribution in [2.45, 2.75) is 29.1 Å². The van der Waals surface area contributed by atoms with Crippen LogP contribution in [0.1, 0.15) is 25.0 Å². The smallest absolute Gasteiger partial charge is 0.165 e. The first-order chi connectivity index (χ1) is 22.6. The highest BCUT2D eigenvalue weighted by molar-refractivity contribution is 7.99. The molecule has 0 saturated carbocycles. The first-order valence-corrected chi connectivity index (χ1v) is 16.6. The second kappa shape index (κ2) is 10.4. The molecular formula is C43H31NOS. The molecule has 1 heterocycles. The zero-order valence-corrected chi connectivity index (χ0v) is 26.5. The monoisotopic (exact) mass is 609 g/mol. The van der Waals surface area contributed by atoms with Gasteiger partial charge < -0.3 is 9.64 Å². The largest absolute Gasteiger partial charge is 0.452 e. The van der Waals surface area contributed by atoms with Crippen LogP contribution in [-0.2, 0) is 5.41 Å². The fraction of sp³-hybridized carbons (Fsp3) is 0.0698. The number of anilines is 3. The molecule has 0 atom stereocenters. The predicted molar refractivity (Wildman–Crippen MR) is 192 cm³/mol. The summed E-state index contributed by atoms with van der Waals surface area (Å²) in [6.07, 6.45) is 0. The molecule has 46 heavy (non-hydrogen) atoms. The van der Waals surface area contributed by atoms with Crippen LogP contribution in [0.15, 0.2) is 161 Å². The van der Waals surface area contributed by atoms with Crippen molar-refractivity contribution >= 4 is 39.6 Å². The topological polar surface area (TPSA) is 12.5 Å². The van der Waals surface area contributed by atoms with Crippen molar-refractivity contribution in [1.29, 1.82) is 0 Å². The summed E-state index contributed by atoms with van der Waals surface area (Å²) in [4.78, 5) is 4.63. The number of para-hydroxylation sites is 1. The Labute approximate surface area is 273 Å². The minimum Gasteiger partial charge on any atom is -0.452 e. The second-order valence-electron chi connectivity index (χ2n) is 12.5. The molecule has 0 radical (unpaired) electrons. The van der Waals surface area contributed by atoms with E-state index in [1.165, 1.54) is 44.2 Å². The Morgan fingerprint density at radius 3 is 2.07 bits per heavy atom. The van der Waals surface area contributed by atoms with Gasteiger partial charge in [0.05, 0.1) is 21.2 Å². The average molecular weight is 610 g/mol. The molecule has 0 bridgehead atoms. The van der Waals surface area contributed by atoms with E-state index in [4.69, 9.17) is 4.74 Å². The fourth-order valence-corrected chi connectivity index (χ4v) is 8.25. The molecule has 9 rings (SSSR count). The van der Waals surface area contributed by atoms with Gasteiger partial charge in [-0.25, -0.2) is 0 Å². The van der Waals surface area contributed by atoms with Crippen LogP contribution >= 0.6 is 11.8 Å². The van der Waals surface area contributed by atoms with Crippen molar-refractivity contribution in [2.75, 3.05) is 4.90 Å². The highest BCUT2D eigenvalue weighted by Crippen LogP contribution is 2.60. The zero-order chi connectivity index (χ0) is 30.8. The van der Waals surface area contributed by atoms with Crippen LogP contribution in [-0.4, -0.2) is 0 Å². The van der Waals surface area contributed by atoms with Crippen LogP contribution in [0.3, 0.4) is 0 Å². The number of hydrogen-bond donors (Lipinski definition) is 0. The van der Waals surface area contributed by atoms with E-state index >= 15 is 0 Å². The standard InChI is InChI=1S/C43H31NOS/c1-43(2)34-18-9-8-17-33(34)40-35(43)26-27-39-42(40)45-41-37(20-11-21-38(41)46-39)44(36-19-10-15-30-14-6-7-16-32(30)36)31-24-22-29(23-25-31)28-12-4-3-5-13-28/h3-27H,1-2H3. The summed E-state index contributed by atoms with van der Waals surface area (Å²) >= 11 is 1.80. The van der Waals surface area contributed by atoms with E-state index in [9.17, 15) is 0 Å². The lowest BCUT2D eigenvalue weighted by Gasteiger charge is -2.32. The lowest BCUT2D eigenvalue weighted by Crippen LogP contribution is -2.15. The first-order valence-electron chi connectivity index (χ1n) is 15.8. The molecule has 0 fully saturated rings. The van der Waals surface area contributed by atoms with E-state index in [2.05, 4.69) is 170 Å². The fourth-order valence-electron chi connectivity index (χ4n) is 7.25. The first kappa shape index (κ1) is 27.1. The summed E-state index contributed by atoms with van der Waals surface area (Å²) in [7, 11) is 0. The molecule has 2 nitrogen and oxygen atoms in total. The molecule has 3 heteroatoms. The maximum absolute atomic E-state index is 7.17. The SMILES string of the molecule is CC1(C)c2ccccc2-c2c1ccc1c2Oc2c(cccc2N(c2ccc(-c3ccccc3)cc2)c2cccc3ccccc23)S1. The number of nitrogens with zero attached hydrogens (tertiary/aromatic N) is 1.